The standard InChI is InChI=1S/C39H31BrN4O4S2/c1-2-48-30-20-21-32-34(24-30)50-39(43-32)44-38(47)35(26-10-5-3-6-11-26)49-31-15-9-14-29(23-31)41-37(46)33(22-25-16-18-28(40)19-17-25)42-36(45)27-12-7-4-8-13-27/h3-24,35H,2H2,1H3,(H,41,46)(H,42,45)(H,43,44,47)/b33-22-. The van der Waals surface area contributed by atoms with Gasteiger partial charge in [-0.1, -0.05) is 94.0 Å². The number of carbonyl (C=O) groups excluding carboxylic acids is 3. The van der Waals surface area contributed by atoms with Crippen LogP contribution in [-0.2, 0) is 9.59 Å². The Morgan fingerprint density at radius 2 is 1.60 bits per heavy atom. The molecule has 0 saturated carbocycles. The number of carbonyl (C=O) groups is 3. The molecule has 1 atom stereocenters. The van der Waals surface area contributed by atoms with E-state index in [-0.39, 0.29) is 11.6 Å². The Morgan fingerprint density at radius 3 is 2.34 bits per heavy atom. The molecule has 0 saturated heterocycles. The van der Waals surface area contributed by atoms with Crippen LogP contribution in [0.25, 0.3) is 16.3 Å². The number of fused-ring (bicyclic) bond motifs is 1. The van der Waals surface area contributed by atoms with Crippen LogP contribution in [0.15, 0.2) is 142 Å². The van der Waals surface area contributed by atoms with Crippen molar-refractivity contribution in [1.82, 2.24) is 10.3 Å². The van der Waals surface area contributed by atoms with Gasteiger partial charge in [0.15, 0.2) is 5.13 Å². The second kappa shape index (κ2) is 16.4. The van der Waals surface area contributed by atoms with Crippen LogP contribution in [0.3, 0.4) is 0 Å². The van der Waals surface area contributed by atoms with Gasteiger partial charge in [0.05, 0.1) is 16.8 Å². The summed E-state index contributed by atoms with van der Waals surface area (Å²) < 4.78 is 7.42. The molecule has 5 aromatic carbocycles. The molecule has 0 spiro atoms. The van der Waals surface area contributed by atoms with E-state index in [1.54, 1.807) is 42.5 Å². The van der Waals surface area contributed by atoms with Gasteiger partial charge < -0.3 is 20.7 Å². The maximum absolute atomic E-state index is 13.8. The molecule has 0 aliphatic carbocycles. The third kappa shape index (κ3) is 9.06. The van der Waals surface area contributed by atoms with Gasteiger partial charge in [0.1, 0.15) is 16.7 Å². The molecule has 1 heterocycles. The molecule has 1 unspecified atom stereocenters. The van der Waals surface area contributed by atoms with Crippen LogP contribution >= 0.6 is 39.0 Å². The van der Waals surface area contributed by atoms with Crippen LogP contribution in [0.1, 0.15) is 33.7 Å². The number of thiazole rings is 1. The quantitative estimate of drug-likeness (QED) is 0.0847. The topological polar surface area (TPSA) is 109 Å². The molecular weight excluding hydrogens is 732 g/mol. The SMILES string of the molecule is CCOc1ccc2nc(NC(=O)C(Sc3cccc(NC(=O)/C(=C/c4ccc(Br)cc4)NC(=O)c4ccccc4)c3)c3ccccc3)sc2c1. The molecule has 11 heteroatoms. The maximum Gasteiger partial charge on any atom is 0.272 e. The molecule has 0 radical (unpaired) electrons. The fraction of sp³-hybridized carbons (Fsp3) is 0.0769. The fourth-order valence-corrected chi connectivity index (χ4v) is 7.18. The first kappa shape index (κ1) is 34.6. The van der Waals surface area contributed by atoms with Crippen molar-refractivity contribution in [3.63, 3.8) is 0 Å². The van der Waals surface area contributed by atoms with Crippen molar-refractivity contribution in [3.8, 4) is 5.75 Å². The average molecular weight is 764 g/mol. The number of anilines is 2. The highest BCUT2D eigenvalue weighted by Crippen LogP contribution is 2.38. The normalized spacial score (nSPS) is 11.8. The first-order valence-corrected chi connectivity index (χ1v) is 18.1. The lowest BCUT2D eigenvalue weighted by molar-refractivity contribution is -0.116. The Labute approximate surface area is 306 Å². The van der Waals surface area contributed by atoms with Crippen LogP contribution < -0.4 is 20.7 Å². The number of ether oxygens (including phenoxy) is 1. The monoisotopic (exact) mass is 762 g/mol. The third-order valence-corrected chi connectivity index (χ3v) is 10.0. The molecule has 3 N–H and O–H groups in total. The molecule has 6 aromatic rings. The number of aromatic nitrogens is 1. The first-order chi connectivity index (χ1) is 24.3. The minimum absolute atomic E-state index is 0.0741. The van der Waals surface area contributed by atoms with Gasteiger partial charge >= 0.3 is 0 Å². The number of nitrogens with one attached hydrogen (secondary N) is 3. The van der Waals surface area contributed by atoms with Crippen molar-refractivity contribution in [3.05, 3.63) is 154 Å². The van der Waals surface area contributed by atoms with E-state index in [1.807, 2.05) is 97.9 Å². The zero-order valence-corrected chi connectivity index (χ0v) is 30.0. The number of hydrogen-bond donors (Lipinski definition) is 3. The summed E-state index contributed by atoms with van der Waals surface area (Å²) in [5, 5.41) is 8.57. The lowest BCUT2D eigenvalue weighted by Crippen LogP contribution is -2.30. The zero-order chi connectivity index (χ0) is 34.9. The van der Waals surface area contributed by atoms with E-state index >= 15 is 0 Å². The highest BCUT2D eigenvalue weighted by atomic mass is 79.9. The van der Waals surface area contributed by atoms with Gasteiger partial charge in [-0.05, 0) is 84.8 Å². The van der Waals surface area contributed by atoms with E-state index in [2.05, 4.69) is 36.9 Å². The fourth-order valence-electron chi connectivity index (χ4n) is 4.94. The van der Waals surface area contributed by atoms with Crippen molar-refractivity contribution in [2.24, 2.45) is 0 Å². The number of amides is 3. The minimum Gasteiger partial charge on any atom is -0.494 e. The summed E-state index contributed by atoms with van der Waals surface area (Å²) in [5.74, 6) is -0.392. The van der Waals surface area contributed by atoms with Gasteiger partial charge in [0.2, 0.25) is 5.91 Å². The molecule has 8 nitrogen and oxygen atoms in total. The highest BCUT2D eigenvalue weighted by Gasteiger charge is 2.24. The van der Waals surface area contributed by atoms with Gasteiger partial charge in [-0.2, -0.15) is 0 Å². The Hall–Kier alpha value is -5.23. The number of benzene rings is 5. The van der Waals surface area contributed by atoms with Crippen LogP contribution in [0.2, 0.25) is 0 Å². The third-order valence-electron chi connectivity index (χ3n) is 7.30. The Balaban J connectivity index is 1.22. The van der Waals surface area contributed by atoms with Crippen molar-refractivity contribution in [2.75, 3.05) is 17.2 Å². The largest absolute Gasteiger partial charge is 0.494 e. The van der Waals surface area contributed by atoms with Gasteiger partial charge in [0, 0.05) is 20.6 Å². The summed E-state index contributed by atoms with van der Waals surface area (Å²) in [4.78, 5) is 45.9. The number of thioether (sulfide) groups is 1. The van der Waals surface area contributed by atoms with Gasteiger partial charge in [-0.3, -0.25) is 14.4 Å². The van der Waals surface area contributed by atoms with Crippen molar-refractivity contribution >= 4 is 83.9 Å². The molecule has 0 bridgehead atoms. The van der Waals surface area contributed by atoms with E-state index in [0.717, 1.165) is 36.5 Å². The molecule has 1 aromatic heterocycles. The van der Waals surface area contributed by atoms with E-state index < -0.39 is 17.1 Å². The molecule has 0 aliphatic rings. The lowest BCUT2D eigenvalue weighted by atomic mass is 10.1. The van der Waals surface area contributed by atoms with Crippen molar-refractivity contribution in [1.29, 1.82) is 0 Å². The number of hydrogen-bond acceptors (Lipinski definition) is 7. The summed E-state index contributed by atoms with van der Waals surface area (Å²) in [6.45, 7) is 2.49. The highest BCUT2D eigenvalue weighted by molar-refractivity contribution is 9.10. The zero-order valence-electron chi connectivity index (χ0n) is 26.8. The molecule has 0 aliphatic heterocycles. The summed E-state index contributed by atoms with van der Waals surface area (Å²) in [5.41, 5.74) is 3.31. The maximum atomic E-state index is 13.8. The molecule has 250 valence electrons. The van der Waals surface area contributed by atoms with E-state index in [1.165, 1.54) is 23.1 Å². The van der Waals surface area contributed by atoms with Crippen molar-refractivity contribution < 1.29 is 19.1 Å². The van der Waals surface area contributed by atoms with Crippen LogP contribution in [0, 0.1) is 0 Å². The predicted molar refractivity (Wildman–Crippen MR) is 206 cm³/mol. The van der Waals surface area contributed by atoms with E-state index in [4.69, 9.17) is 4.74 Å². The molecule has 3 amide bonds. The first-order valence-electron chi connectivity index (χ1n) is 15.7. The van der Waals surface area contributed by atoms with Crippen LogP contribution in [0.4, 0.5) is 10.8 Å². The molecular formula is C39H31BrN4O4S2. The average Bonchev–Trinajstić information content (AvgIpc) is 3.53. The Morgan fingerprint density at radius 1 is 0.860 bits per heavy atom. The number of rotatable bonds is 12. The number of nitrogens with zero attached hydrogens (tertiary/aromatic N) is 1. The van der Waals surface area contributed by atoms with Gasteiger partial charge in [-0.25, -0.2) is 4.98 Å². The Bertz CT molecular complexity index is 2160. The second-order valence-corrected chi connectivity index (χ2v) is 14.0. The lowest BCUT2D eigenvalue weighted by Gasteiger charge is -2.17. The summed E-state index contributed by atoms with van der Waals surface area (Å²) in [6.07, 6.45) is 1.62. The Kier molecular flexibility index (Phi) is 11.4. The van der Waals surface area contributed by atoms with Gasteiger partial charge in [-0.15, -0.1) is 11.8 Å². The molecule has 0 fully saturated rings. The molecule has 50 heavy (non-hydrogen) atoms. The van der Waals surface area contributed by atoms with Crippen LogP contribution in [-0.4, -0.2) is 29.3 Å². The minimum atomic E-state index is -0.619. The summed E-state index contributed by atoms with van der Waals surface area (Å²) in [7, 11) is 0. The predicted octanol–water partition coefficient (Wildman–Crippen LogP) is 9.34. The van der Waals surface area contributed by atoms with Gasteiger partial charge in [0.25, 0.3) is 11.8 Å². The van der Waals surface area contributed by atoms with Crippen molar-refractivity contribution in [2.45, 2.75) is 17.1 Å². The summed E-state index contributed by atoms with van der Waals surface area (Å²) in [6, 6.07) is 38.5. The number of halogens is 1. The second-order valence-electron chi connectivity index (χ2n) is 10.9. The van der Waals surface area contributed by atoms with Crippen LogP contribution in [0.5, 0.6) is 5.75 Å². The molecule has 6 rings (SSSR count). The smallest absolute Gasteiger partial charge is 0.272 e. The van der Waals surface area contributed by atoms with E-state index in [9.17, 15) is 14.4 Å². The summed E-state index contributed by atoms with van der Waals surface area (Å²) >= 11 is 6.16. The van der Waals surface area contributed by atoms with E-state index in [0.29, 0.717) is 23.0 Å².